The number of nitrogens with two attached hydrogens (primary N) is 1. The SMILES string of the molecule is CC(CN)N(C)C(=O)c1n[nH]c2ccc([N+](=O)[O-])cc12.Cl. The molecular weight excluding hydrogens is 298 g/mol. The maximum Gasteiger partial charge on any atom is 0.275 e. The number of non-ortho nitro benzene ring substituents is 1. The standard InChI is InChI=1S/C12H15N5O3.ClH/c1-7(6-13)16(2)12(18)11-9-5-8(17(19)20)3-4-10(9)14-15-11;/h3-5,7H,6,13H2,1-2H3,(H,14,15);1H. The Hall–Kier alpha value is -2.19. The zero-order valence-electron chi connectivity index (χ0n) is 11.6. The highest BCUT2D eigenvalue weighted by Gasteiger charge is 2.22. The van der Waals surface area contributed by atoms with Crippen molar-refractivity contribution >= 4 is 34.9 Å². The molecule has 9 heteroatoms. The third-order valence-electron chi connectivity index (χ3n) is 3.28. The van der Waals surface area contributed by atoms with Crippen LogP contribution in [0.25, 0.3) is 10.9 Å². The number of likely N-dealkylation sites (N-methyl/N-ethyl adjacent to an activating group) is 1. The minimum Gasteiger partial charge on any atom is -0.336 e. The summed E-state index contributed by atoms with van der Waals surface area (Å²) in [6.07, 6.45) is 0. The second-order valence-electron chi connectivity index (χ2n) is 4.56. The van der Waals surface area contributed by atoms with Gasteiger partial charge in [0.05, 0.1) is 10.4 Å². The molecule has 0 spiro atoms. The van der Waals surface area contributed by atoms with Crippen molar-refractivity contribution in [1.82, 2.24) is 15.1 Å². The lowest BCUT2D eigenvalue weighted by atomic mass is 10.1. The van der Waals surface area contributed by atoms with Crippen LogP contribution in [0.4, 0.5) is 5.69 Å². The summed E-state index contributed by atoms with van der Waals surface area (Å²) in [7, 11) is 1.62. The lowest BCUT2D eigenvalue weighted by molar-refractivity contribution is -0.384. The van der Waals surface area contributed by atoms with Crippen LogP contribution in [0.1, 0.15) is 17.4 Å². The zero-order chi connectivity index (χ0) is 14.9. The lowest BCUT2D eigenvalue weighted by Crippen LogP contribution is -2.39. The van der Waals surface area contributed by atoms with Crippen LogP contribution in [0.5, 0.6) is 0 Å². The quantitative estimate of drug-likeness (QED) is 0.651. The first-order valence-corrected chi connectivity index (χ1v) is 6.05. The largest absolute Gasteiger partial charge is 0.336 e. The van der Waals surface area contributed by atoms with E-state index in [9.17, 15) is 14.9 Å². The van der Waals surface area contributed by atoms with E-state index < -0.39 is 4.92 Å². The fourth-order valence-corrected chi connectivity index (χ4v) is 1.80. The topological polar surface area (TPSA) is 118 Å². The molecule has 1 heterocycles. The molecule has 0 saturated heterocycles. The van der Waals surface area contributed by atoms with Gasteiger partial charge in [-0.2, -0.15) is 5.10 Å². The van der Waals surface area contributed by atoms with E-state index >= 15 is 0 Å². The molecule has 0 aliphatic carbocycles. The molecule has 1 unspecified atom stereocenters. The molecule has 1 amide bonds. The summed E-state index contributed by atoms with van der Waals surface area (Å²) in [6, 6.07) is 4.09. The number of carbonyl (C=O) groups is 1. The number of nitro benzene ring substituents is 1. The van der Waals surface area contributed by atoms with E-state index in [1.54, 1.807) is 7.05 Å². The van der Waals surface area contributed by atoms with Gasteiger partial charge in [-0.15, -0.1) is 12.4 Å². The molecule has 0 fully saturated rings. The Bertz CT molecular complexity index is 672. The van der Waals surface area contributed by atoms with Gasteiger partial charge >= 0.3 is 0 Å². The molecule has 8 nitrogen and oxygen atoms in total. The Morgan fingerprint density at radius 2 is 2.24 bits per heavy atom. The molecule has 0 radical (unpaired) electrons. The molecule has 1 aromatic carbocycles. The summed E-state index contributed by atoms with van der Waals surface area (Å²) in [4.78, 5) is 24.1. The normalized spacial score (nSPS) is 11.8. The second kappa shape index (κ2) is 6.51. The van der Waals surface area contributed by atoms with Crippen molar-refractivity contribution in [3.63, 3.8) is 0 Å². The molecular formula is C12H16ClN5O3. The van der Waals surface area contributed by atoms with Crippen molar-refractivity contribution in [1.29, 1.82) is 0 Å². The minimum absolute atomic E-state index is 0. The van der Waals surface area contributed by atoms with Gasteiger partial charge in [-0.1, -0.05) is 0 Å². The van der Waals surface area contributed by atoms with E-state index in [-0.39, 0.29) is 35.7 Å². The van der Waals surface area contributed by atoms with Crippen molar-refractivity contribution in [3.8, 4) is 0 Å². The monoisotopic (exact) mass is 313 g/mol. The van der Waals surface area contributed by atoms with Crippen LogP contribution in [0, 0.1) is 10.1 Å². The molecule has 3 N–H and O–H groups in total. The molecule has 21 heavy (non-hydrogen) atoms. The van der Waals surface area contributed by atoms with E-state index in [2.05, 4.69) is 10.2 Å². The Morgan fingerprint density at radius 3 is 2.81 bits per heavy atom. The molecule has 114 valence electrons. The fourth-order valence-electron chi connectivity index (χ4n) is 1.80. The number of aromatic amines is 1. The first-order chi connectivity index (χ1) is 9.45. The van der Waals surface area contributed by atoms with E-state index in [0.29, 0.717) is 17.4 Å². The van der Waals surface area contributed by atoms with E-state index in [1.807, 2.05) is 6.92 Å². The fraction of sp³-hybridized carbons (Fsp3) is 0.333. The number of halogens is 1. The number of nitrogens with one attached hydrogen (secondary N) is 1. The Kier molecular flexibility index (Phi) is 5.23. The number of fused-ring (bicyclic) bond motifs is 1. The van der Waals surface area contributed by atoms with Crippen LogP contribution in [0.2, 0.25) is 0 Å². The van der Waals surface area contributed by atoms with Crippen LogP contribution in [0.15, 0.2) is 18.2 Å². The van der Waals surface area contributed by atoms with Crippen molar-refractivity contribution in [2.24, 2.45) is 5.73 Å². The van der Waals surface area contributed by atoms with Gasteiger partial charge in [0.2, 0.25) is 0 Å². The predicted molar refractivity (Wildman–Crippen MR) is 80.6 cm³/mol. The molecule has 0 aliphatic heterocycles. The summed E-state index contributed by atoms with van der Waals surface area (Å²) in [6.45, 7) is 2.14. The van der Waals surface area contributed by atoms with Gasteiger partial charge in [0, 0.05) is 37.2 Å². The first-order valence-electron chi connectivity index (χ1n) is 6.05. The summed E-state index contributed by atoms with van der Waals surface area (Å²) in [5.41, 5.74) is 6.18. The highest BCUT2D eigenvalue weighted by atomic mass is 35.5. The van der Waals surface area contributed by atoms with Crippen molar-refractivity contribution < 1.29 is 9.72 Å². The van der Waals surface area contributed by atoms with Crippen molar-refractivity contribution in [2.75, 3.05) is 13.6 Å². The maximum absolute atomic E-state index is 12.3. The Labute approximate surface area is 126 Å². The molecule has 1 atom stereocenters. The van der Waals surface area contributed by atoms with Gasteiger partial charge in [0.15, 0.2) is 5.69 Å². The lowest BCUT2D eigenvalue weighted by Gasteiger charge is -2.22. The Morgan fingerprint density at radius 1 is 1.57 bits per heavy atom. The van der Waals surface area contributed by atoms with Gasteiger partial charge in [0.25, 0.3) is 11.6 Å². The van der Waals surface area contributed by atoms with Gasteiger partial charge in [0.1, 0.15) is 0 Å². The number of nitro groups is 1. The third kappa shape index (κ3) is 3.11. The van der Waals surface area contributed by atoms with Crippen LogP contribution >= 0.6 is 12.4 Å². The van der Waals surface area contributed by atoms with E-state index in [1.165, 1.54) is 23.1 Å². The highest BCUT2D eigenvalue weighted by molar-refractivity contribution is 6.05. The van der Waals surface area contributed by atoms with Gasteiger partial charge < -0.3 is 10.6 Å². The predicted octanol–water partition coefficient (Wildman–Crippen LogP) is 1.31. The third-order valence-corrected chi connectivity index (χ3v) is 3.28. The van der Waals surface area contributed by atoms with Crippen molar-refractivity contribution in [3.05, 3.63) is 34.0 Å². The summed E-state index contributed by atoms with van der Waals surface area (Å²) < 4.78 is 0. The number of hydrogen-bond donors (Lipinski definition) is 2. The van der Waals surface area contributed by atoms with Gasteiger partial charge in [-0.3, -0.25) is 20.0 Å². The van der Waals surface area contributed by atoms with Crippen LogP contribution in [-0.2, 0) is 0 Å². The van der Waals surface area contributed by atoms with Crippen LogP contribution in [0.3, 0.4) is 0 Å². The Balaban J connectivity index is 0.00000220. The average molecular weight is 314 g/mol. The number of aromatic nitrogens is 2. The number of H-pyrrole nitrogens is 1. The number of hydrogen-bond acceptors (Lipinski definition) is 5. The molecule has 0 saturated carbocycles. The molecule has 2 rings (SSSR count). The van der Waals surface area contributed by atoms with E-state index in [4.69, 9.17) is 5.73 Å². The van der Waals surface area contributed by atoms with Crippen LogP contribution < -0.4 is 5.73 Å². The number of carbonyl (C=O) groups excluding carboxylic acids is 1. The second-order valence-corrected chi connectivity index (χ2v) is 4.56. The van der Waals surface area contributed by atoms with Gasteiger partial charge in [-0.05, 0) is 13.0 Å². The number of benzene rings is 1. The van der Waals surface area contributed by atoms with Crippen LogP contribution in [-0.4, -0.2) is 45.6 Å². The molecule has 2 aromatic rings. The molecule has 1 aromatic heterocycles. The smallest absolute Gasteiger partial charge is 0.275 e. The van der Waals surface area contributed by atoms with Crippen molar-refractivity contribution in [2.45, 2.75) is 13.0 Å². The number of rotatable bonds is 4. The summed E-state index contributed by atoms with van der Waals surface area (Å²) in [5.74, 6) is -0.324. The number of nitrogens with zero attached hydrogens (tertiary/aromatic N) is 3. The van der Waals surface area contributed by atoms with Gasteiger partial charge in [-0.25, -0.2) is 0 Å². The molecule has 0 aliphatic rings. The maximum atomic E-state index is 12.3. The van der Waals surface area contributed by atoms with E-state index in [0.717, 1.165) is 0 Å². The summed E-state index contributed by atoms with van der Waals surface area (Å²) in [5, 5.41) is 17.9. The minimum atomic E-state index is -0.507. The molecule has 0 bridgehead atoms. The number of amides is 1. The summed E-state index contributed by atoms with van der Waals surface area (Å²) >= 11 is 0. The zero-order valence-corrected chi connectivity index (χ0v) is 12.4. The average Bonchev–Trinajstić information content (AvgIpc) is 2.87. The first kappa shape index (κ1) is 16.9. The highest BCUT2D eigenvalue weighted by Crippen LogP contribution is 2.23.